The molecule has 0 spiro atoms. The Balaban J connectivity index is 1.64. The molecule has 1 aliphatic heterocycles. The molecule has 3 aromatic heterocycles. The number of thiophene rings is 1. The van der Waals surface area contributed by atoms with Gasteiger partial charge < -0.3 is 10.2 Å². The van der Waals surface area contributed by atoms with Crippen molar-refractivity contribution in [1.82, 2.24) is 24.5 Å². The summed E-state index contributed by atoms with van der Waals surface area (Å²) in [5.41, 5.74) is 2.14. The van der Waals surface area contributed by atoms with Crippen molar-refractivity contribution in [3.63, 3.8) is 0 Å². The second-order valence-electron chi connectivity index (χ2n) is 6.14. The molecule has 0 saturated carbocycles. The zero-order chi connectivity index (χ0) is 15.4. The molecule has 1 aliphatic carbocycles. The molecule has 0 unspecified atom stereocenters. The van der Waals surface area contributed by atoms with Crippen LogP contribution < -0.4 is 5.32 Å². The van der Waals surface area contributed by atoms with Crippen LogP contribution >= 0.6 is 11.3 Å². The van der Waals surface area contributed by atoms with E-state index in [1.54, 1.807) is 22.2 Å². The van der Waals surface area contributed by atoms with Gasteiger partial charge >= 0.3 is 0 Å². The van der Waals surface area contributed by atoms with Crippen LogP contribution in [0.2, 0.25) is 0 Å². The summed E-state index contributed by atoms with van der Waals surface area (Å²) in [5, 5.41) is 7.72. The highest BCUT2D eigenvalue weighted by Crippen LogP contribution is 2.37. The number of rotatable bonds is 1. The van der Waals surface area contributed by atoms with Gasteiger partial charge in [0.15, 0.2) is 5.65 Å². The van der Waals surface area contributed by atoms with E-state index in [0.29, 0.717) is 5.82 Å². The fourth-order valence-electron chi connectivity index (χ4n) is 3.58. The number of aromatic nitrogens is 4. The van der Waals surface area contributed by atoms with Gasteiger partial charge in [-0.15, -0.1) is 16.4 Å². The zero-order valence-electron chi connectivity index (χ0n) is 12.7. The number of carbonyl (C=O) groups is 1. The van der Waals surface area contributed by atoms with Gasteiger partial charge in [-0.3, -0.25) is 4.79 Å². The Morgan fingerprint density at radius 3 is 3.00 bits per heavy atom. The topological polar surface area (TPSA) is 80.0 Å². The molecule has 1 fully saturated rings. The third-order valence-electron chi connectivity index (χ3n) is 4.73. The number of carbonyl (C=O) groups excluding carboxylic acids is 1. The van der Waals surface area contributed by atoms with Gasteiger partial charge in [-0.05, 0) is 24.8 Å². The van der Waals surface area contributed by atoms with Crippen LogP contribution in [0.4, 0.5) is 0 Å². The van der Waals surface area contributed by atoms with Gasteiger partial charge in [0.05, 0.1) is 31.6 Å². The molecule has 1 amide bonds. The van der Waals surface area contributed by atoms with Crippen molar-refractivity contribution in [3.05, 3.63) is 22.6 Å². The minimum Gasteiger partial charge on any atom is -0.343 e. The molecule has 118 valence electrons. The average Bonchev–Trinajstić information content (AvgIpc) is 3.27. The van der Waals surface area contributed by atoms with Crippen LogP contribution in [0.25, 0.3) is 15.9 Å². The number of fused-ring (bicyclic) bond motifs is 5. The van der Waals surface area contributed by atoms with Crippen LogP contribution in [0.3, 0.4) is 0 Å². The van der Waals surface area contributed by atoms with Crippen LogP contribution in [0.15, 0.2) is 6.33 Å². The van der Waals surface area contributed by atoms with Crippen LogP contribution in [0.5, 0.6) is 0 Å². The van der Waals surface area contributed by atoms with Gasteiger partial charge in [-0.1, -0.05) is 0 Å². The fraction of sp³-hybridized carbons (Fsp3) is 0.467. The molecule has 0 bridgehead atoms. The lowest BCUT2D eigenvalue weighted by Gasteiger charge is -2.23. The van der Waals surface area contributed by atoms with Gasteiger partial charge in [0.1, 0.15) is 11.2 Å². The lowest BCUT2D eigenvalue weighted by atomic mass is 10.2. The van der Waals surface area contributed by atoms with Crippen molar-refractivity contribution in [2.45, 2.75) is 19.3 Å². The number of hydrogen-bond donors (Lipinski definition) is 1. The highest BCUT2D eigenvalue weighted by atomic mass is 32.1. The summed E-state index contributed by atoms with van der Waals surface area (Å²) in [5.74, 6) is 0.223. The van der Waals surface area contributed by atoms with Crippen molar-refractivity contribution >= 4 is 33.1 Å². The van der Waals surface area contributed by atoms with Crippen LogP contribution in [0, 0.1) is 0 Å². The molecule has 0 atom stereocenters. The van der Waals surface area contributed by atoms with Gasteiger partial charge in [0, 0.05) is 4.88 Å². The molecule has 4 heterocycles. The summed E-state index contributed by atoms with van der Waals surface area (Å²) in [7, 11) is 0. The number of piperazine rings is 1. The lowest BCUT2D eigenvalue weighted by Crippen LogP contribution is -2.89. The molecular formula is C15H17N6OS+. The Morgan fingerprint density at radius 1 is 1.26 bits per heavy atom. The molecule has 0 aromatic carbocycles. The Kier molecular flexibility index (Phi) is 2.89. The van der Waals surface area contributed by atoms with Crippen LogP contribution in [0.1, 0.15) is 27.5 Å². The summed E-state index contributed by atoms with van der Waals surface area (Å²) in [4.78, 5) is 26.0. The van der Waals surface area contributed by atoms with Gasteiger partial charge in [0.2, 0.25) is 5.82 Å². The van der Waals surface area contributed by atoms with Gasteiger partial charge in [0.25, 0.3) is 5.91 Å². The van der Waals surface area contributed by atoms with Crippen molar-refractivity contribution in [3.8, 4) is 0 Å². The van der Waals surface area contributed by atoms with E-state index in [1.165, 1.54) is 16.9 Å². The summed E-state index contributed by atoms with van der Waals surface area (Å²) in [6.45, 7) is 3.41. The molecule has 0 radical (unpaired) electrons. The second kappa shape index (κ2) is 4.97. The monoisotopic (exact) mass is 329 g/mol. The highest BCUT2D eigenvalue weighted by Gasteiger charge is 2.26. The molecule has 7 nitrogen and oxygen atoms in total. The first-order chi connectivity index (χ1) is 11.3. The van der Waals surface area contributed by atoms with E-state index in [2.05, 4.69) is 20.4 Å². The molecule has 5 rings (SSSR count). The SMILES string of the molecule is O=C(c1nc2c3c4c(sc3ncn2n1)CCC4)N1CC[NH2+]CC1. The Labute approximate surface area is 136 Å². The maximum absolute atomic E-state index is 12.6. The standard InChI is InChI=1S/C15H16N6OS/c22-15(20-6-4-16-5-7-20)12-18-13-11-9-2-1-3-10(9)23-14(11)17-8-21(13)19-12/h8,16H,1-7H2/p+1. The smallest absolute Gasteiger partial charge is 0.293 e. The van der Waals surface area contributed by atoms with E-state index in [-0.39, 0.29) is 5.91 Å². The summed E-state index contributed by atoms with van der Waals surface area (Å²) in [6, 6.07) is 0. The van der Waals surface area contributed by atoms with Crippen molar-refractivity contribution in [1.29, 1.82) is 0 Å². The summed E-state index contributed by atoms with van der Waals surface area (Å²) >= 11 is 1.76. The molecule has 1 saturated heterocycles. The van der Waals surface area contributed by atoms with E-state index in [1.807, 2.05) is 4.90 Å². The minimum atomic E-state index is -0.0678. The second-order valence-corrected chi connectivity index (χ2v) is 7.23. The maximum atomic E-state index is 12.6. The van der Waals surface area contributed by atoms with E-state index in [4.69, 9.17) is 0 Å². The Bertz CT molecular complexity index is 923. The van der Waals surface area contributed by atoms with E-state index < -0.39 is 0 Å². The number of nitrogens with two attached hydrogens (primary N) is 1. The third-order valence-corrected chi connectivity index (χ3v) is 5.93. The first-order valence-electron chi connectivity index (χ1n) is 8.08. The highest BCUT2D eigenvalue weighted by molar-refractivity contribution is 7.19. The van der Waals surface area contributed by atoms with Crippen LogP contribution in [-0.4, -0.2) is 56.6 Å². The molecular weight excluding hydrogens is 312 g/mol. The van der Waals surface area contributed by atoms with Crippen molar-refractivity contribution in [2.75, 3.05) is 26.2 Å². The van der Waals surface area contributed by atoms with E-state index >= 15 is 0 Å². The average molecular weight is 329 g/mol. The van der Waals surface area contributed by atoms with Gasteiger partial charge in [-0.25, -0.2) is 14.5 Å². The zero-order valence-corrected chi connectivity index (χ0v) is 13.5. The Hall–Kier alpha value is -2.06. The number of amides is 1. The Morgan fingerprint density at radius 2 is 2.13 bits per heavy atom. The molecule has 23 heavy (non-hydrogen) atoms. The number of hydrogen-bond acceptors (Lipinski definition) is 5. The molecule has 2 N–H and O–H groups in total. The number of quaternary nitrogens is 1. The number of nitrogens with zero attached hydrogens (tertiary/aromatic N) is 5. The third kappa shape index (κ3) is 1.98. The summed E-state index contributed by atoms with van der Waals surface area (Å²) < 4.78 is 1.66. The molecule has 2 aliphatic rings. The number of aryl methyl sites for hydroxylation is 2. The quantitative estimate of drug-likeness (QED) is 0.673. The first-order valence-corrected chi connectivity index (χ1v) is 8.89. The summed E-state index contributed by atoms with van der Waals surface area (Å²) in [6.07, 6.45) is 5.08. The predicted octanol–water partition coefficient (Wildman–Crippen LogP) is -0.153. The van der Waals surface area contributed by atoms with E-state index in [9.17, 15) is 4.79 Å². The minimum absolute atomic E-state index is 0.0678. The first kappa shape index (κ1) is 13.4. The fourth-order valence-corrected chi connectivity index (χ4v) is 4.80. The molecule has 8 heteroatoms. The van der Waals surface area contributed by atoms with Crippen LogP contribution in [-0.2, 0) is 12.8 Å². The van der Waals surface area contributed by atoms with E-state index in [0.717, 1.165) is 54.9 Å². The molecule has 3 aromatic rings. The van der Waals surface area contributed by atoms with Crippen molar-refractivity contribution < 1.29 is 10.1 Å². The van der Waals surface area contributed by atoms with Crippen molar-refractivity contribution in [2.24, 2.45) is 0 Å². The maximum Gasteiger partial charge on any atom is 0.293 e. The predicted molar refractivity (Wildman–Crippen MR) is 85.8 cm³/mol. The lowest BCUT2D eigenvalue weighted by molar-refractivity contribution is -0.661. The van der Waals surface area contributed by atoms with Gasteiger partial charge in [-0.2, -0.15) is 0 Å². The normalized spacial score (nSPS) is 18.0. The largest absolute Gasteiger partial charge is 0.343 e.